The maximum Gasteiger partial charge on any atom is 0.172 e. The molecule has 0 fully saturated rings. The number of halogens is 2. The molecule has 1 heterocycles. The Morgan fingerprint density at radius 1 is 1.17 bits per heavy atom. The molecule has 0 unspecified atom stereocenters. The van der Waals surface area contributed by atoms with Crippen LogP contribution in [0.2, 0.25) is 10.0 Å². The minimum absolute atomic E-state index is 0.0200. The fourth-order valence-electron chi connectivity index (χ4n) is 1.41. The molecule has 7 nitrogen and oxygen atoms in total. The van der Waals surface area contributed by atoms with Gasteiger partial charge in [0.05, 0.1) is 10.0 Å². The van der Waals surface area contributed by atoms with Crippen molar-refractivity contribution in [3.63, 3.8) is 0 Å². The van der Waals surface area contributed by atoms with E-state index < -0.39 is 0 Å². The Labute approximate surface area is 112 Å². The second-order valence-corrected chi connectivity index (χ2v) is 4.12. The lowest BCUT2D eigenvalue weighted by molar-refractivity contribution is 1.16. The number of aromatic nitrogens is 2. The Balaban J connectivity index is 2.85. The summed E-state index contributed by atoms with van der Waals surface area (Å²) in [6.45, 7) is 0. The Morgan fingerprint density at radius 3 is 2.22 bits per heavy atom. The number of nitrogens with one attached hydrogen (secondary N) is 1. The molecule has 0 saturated heterocycles. The SMILES string of the molecule is N/N=C(/N)c1nc2c(Cl)ccc(Cl)c2nc1NN. The van der Waals surface area contributed by atoms with Crippen molar-refractivity contribution in [1.82, 2.24) is 9.97 Å². The molecule has 1 aromatic heterocycles. The highest BCUT2D eigenvalue weighted by atomic mass is 35.5. The summed E-state index contributed by atoms with van der Waals surface area (Å²) in [6.07, 6.45) is 0. The first-order valence-corrected chi connectivity index (χ1v) is 5.50. The highest BCUT2D eigenvalue weighted by molar-refractivity contribution is 6.39. The number of rotatable bonds is 2. The molecule has 0 radical (unpaired) electrons. The van der Waals surface area contributed by atoms with E-state index in [1.807, 2.05) is 0 Å². The molecule has 9 heteroatoms. The van der Waals surface area contributed by atoms with Crippen molar-refractivity contribution in [3.8, 4) is 0 Å². The summed E-state index contributed by atoms with van der Waals surface area (Å²) in [5, 5.41) is 4.13. The van der Waals surface area contributed by atoms with E-state index in [4.69, 9.17) is 40.6 Å². The number of fused-ring (bicyclic) bond motifs is 1. The van der Waals surface area contributed by atoms with Gasteiger partial charge in [0.1, 0.15) is 11.0 Å². The van der Waals surface area contributed by atoms with Gasteiger partial charge in [-0.25, -0.2) is 15.8 Å². The van der Waals surface area contributed by atoms with Crippen LogP contribution in [0.1, 0.15) is 5.69 Å². The number of nitrogens with zero attached hydrogens (tertiary/aromatic N) is 3. The third kappa shape index (κ3) is 1.99. The number of hydrazone groups is 1. The van der Waals surface area contributed by atoms with Crippen LogP contribution in [0, 0.1) is 0 Å². The molecule has 18 heavy (non-hydrogen) atoms. The number of anilines is 1. The van der Waals surface area contributed by atoms with Gasteiger partial charge >= 0.3 is 0 Å². The maximum absolute atomic E-state index is 6.02. The van der Waals surface area contributed by atoms with Crippen LogP contribution in [-0.2, 0) is 0 Å². The zero-order valence-corrected chi connectivity index (χ0v) is 10.5. The van der Waals surface area contributed by atoms with Crippen LogP contribution in [0.15, 0.2) is 17.2 Å². The summed E-state index contributed by atoms with van der Waals surface area (Å²) in [5.41, 5.74) is 8.97. The first-order chi connectivity index (χ1) is 8.58. The Kier molecular flexibility index (Phi) is 3.37. The molecule has 2 aromatic rings. The van der Waals surface area contributed by atoms with Crippen LogP contribution in [0.5, 0.6) is 0 Å². The first-order valence-electron chi connectivity index (χ1n) is 4.74. The van der Waals surface area contributed by atoms with Gasteiger partial charge in [-0.2, -0.15) is 5.10 Å². The lowest BCUT2D eigenvalue weighted by Gasteiger charge is -2.09. The van der Waals surface area contributed by atoms with Gasteiger partial charge in [-0.15, -0.1) is 0 Å². The van der Waals surface area contributed by atoms with E-state index in [0.717, 1.165) is 0 Å². The second-order valence-electron chi connectivity index (χ2n) is 3.31. The van der Waals surface area contributed by atoms with Gasteiger partial charge in [0, 0.05) is 0 Å². The van der Waals surface area contributed by atoms with Crippen molar-refractivity contribution in [2.75, 3.05) is 5.43 Å². The van der Waals surface area contributed by atoms with Crippen LogP contribution in [0.25, 0.3) is 11.0 Å². The smallest absolute Gasteiger partial charge is 0.172 e. The summed E-state index contributed by atoms with van der Waals surface area (Å²) in [5.74, 6) is 10.6. The van der Waals surface area contributed by atoms with Gasteiger partial charge in [0.25, 0.3) is 0 Å². The van der Waals surface area contributed by atoms with Crippen LogP contribution in [0.3, 0.4) is 0 Å². The van der Waals surface area contributed by atoms with Crippen molar-refractivity contribution in [1.29, 1.82) is 0 Å². The number of amidine groups is 1. The largest absolute Gasteiger partial charge is 0.380 e. The number of hydrogen-bond acceptors (Lipinski definition) is 6. The lowest BCUT2D eigenvalue weighted by atomic mass is 10.2. The van der Waals surface area contributed by atoms with Crippen molar-refractivity contribution >= 4 is 45.9 Å². The van der Waals surface area contributed by atoms with E-state index in [0.29, 0.717) is 21.1 Å². The minimum atomic E-state index is -0.0200. The maximum atomic E-state index is 6.02. The van der Waals surface area contributed by atoms with E-state index in [2.05, 4.69) is 20.5 Å². The minimum Gasteiger partial charge on any atom is -0.380 e. The molecule has 7 N–H and O–H groups in total. The fraction of sp³-hybridized carbons (Fsp3) is 0. The number of nitrogens with two attached hydrogens (primary N) is 3. The molecule has 0 aliphatic rings. The van der Waals surface area contributed by atoms with Crippen molar-refractivity contribution < 1.29 is 0 Å². The molecule has 1 aromatic carbocycles. The van der Waals surface area contributed by atoms with Gasteiger partial charge < -0.3 is 17.0 Å². The zero-order chi connectivity index (χ0) is 13.3. The summed E-state index contributed by atoms with van der Waals surface area (Å²) >= 11 is 12.0. The summed E-state index contributed by atoms with van der Waals surface area (Å²) in [7, 11) is 0. The van der Waals surface area contributed by atoms with Crippen LogP contribution >= 0.6 is 23.2 Å². The highest BCUT2D eigenvalue weighted by Gasteiger charge is 2.15. The van der Waals surface area contributed by atoms with Crippen LogP contribution in [-0.4, -0.2) is 15.8 Å². The molecule has 94 valence electrons. The molecule has 0 aliphatic heterocycles. The van der Waals surface area contributed by atoms with E-state index in [-0.39, 0.29) is 17.3 Å². The summed E-state index contributed by atoms with van der Waals surface area (Å²) in [4.78, 5) is 8.41. The molecule has 0 atom stereocenters. The van der Waals surface area contributed by atoms with Crippen molar-refractivity contribution in [2.24, 2.45) is 22.5 Å². The third-order valence-electron chi connectivity index (χ3n) is 2.24. The van der Waals surface area contributed by atoms with Crippen LogP contribution < -0.4 is 22.8 Å². The molecular weight excluding hydrogens is 277 g/mol. The quantitative estimate of drug-likeness (QED) is 0.280. The standard InChI is InChI=1S/C9H9Cl2N7/c10-3-1-2-4(11)6-5(3)15-7(8(12)17-13)9(16-6)18-14/h1-2H,13-14H2,(H2,12,17)(H,16,18). The normalized spacial score (nSPS) is 11.8. The molecule has 0 amide bonds. The molecule has 0 bridgehead atoms. The predicted molar refractivity (Wildman–Crippen MR) is 72.3 cm³/mol. The zero-order valence-electron chi connectivity index (χ0n) is 8.98. The van der Waals surface area contributed by atoms with Gasteiger partial charge in [-0.05, 0) is 12.1 Å². The third-order valence-corrected chi connectivity index (χ3v) is 2.85. The Morgan fingerprint density at radius 2 is 1.72 bits per heavy atom. The van der Waals surface area contributed by atoms with Crippen LogP contribution in [0.4, 0.5) is 5.82 Å². The van der Waals surface area contributed by atoms with Crippen molar-refractivity contribution in [3.05, 3.63) is 27.9 Å². The van der Waals surface area contributed by atoms with Gasteiger partial charge in [-0.1, -0.05) is 23.2 Å². The van der Waals surface area contributed by atoms with Gasteiger partial charge in [0.2, 0.25) is 0 Å². The average Bonchev–Trinajstić information content (AvgIpc) is 2.40. The summed E-state index contributed by atoms with van der Waals surface area (Å²) in [6, 6.07) is 3.22. The number of benzene rings is 1. The van der Waals surface area contributed by atoms with E-state index in [1.165, 1.54) is 0 Å². The van der Waals surface area contributed by atoms with Gasteiger partial charge in [-0.3, -0.25) is 0 Å². The van der Waals surface area contributed by atoms with E-state index in [9.17, 15) is 0 Å². The number of hydrogen-bond donors (Lipinski definition) is 4. The Bertz CT molecular complexity index is 640. The highest BCUT2D eigenvalue weighted by Crippen LogP contribution is 2.28. The monoisotopic (exact) mass is 285 g/mol. The molecule has 2 rings (SSSR count). The first kappa shape index (κ1) is 12.6. The van der Waals surface area contributed by atoms with Gasteiger partial charge in [0.15, 0.2) is 17.3 Å². The van der Waals surface area contributed by atoms with E-state index >= 15 is 0 Å². The predicted octanol–water partition coefficient (Wildman–Crippen LogP) is 0.801. The van der Waals surface area contributed by atoms with Crippen molar-refractivity contribution in [2.45, 2.75) is 0 Å². The average molecular weight is 286 g/mol. The fourth-order valence-corrected chi connectivity index (χ4v) is 1.80. The van der Waals surface area contributed by atoms with E-state index in [1.54, 1.807) is 12.1 Å². The second kappa shape index (κ2) is 4.81. The Hall–Kier alpha value is -1.83. The topological polar surface area (TPSA) is 128 Å². The summed E-state index contributed by atoms with van der Waals surface area (Å²) < 4.78 is 0. The molecule has 0 aliphatic carbocycles. The lowest BCUT2D eigenvalue weighted by Crippen LogP contribution is -2.22. The number of nitrogen functional groups attached to an aromatic ring is 1. The molecular formula is C9H9Cl2N7. The molecule has 0 saturated carbocycles. The number of hydrazine groups is 1. The molecule has 0 spiro atoms.